The number of rotatable bonds is 4. The molecule has 2 aromatic rings. The second-order valence-corrected chi connectivity index (χ2v) is 6.95. The average Bonchev–Trinajstić information content (AvgIpc) is 2.77. The Morgan fingerprint density at radius 1 is 1.29 bits per heavy atom. The minimum Gasteiger partial charge on any atom is -0.325 e. The number of H-pyrrole nitrogens is 1. The van der Waals surface area contributed by atoms with Gasteiger partial charge in [0.2, 0.25) is 0 Å². The summed E-state index contributed by atoms with van der Waals surface area (Å²) in [5.74, 6) is 0. The van der Waals surface area contributed by atoms with Gasteiger partial charge in [0.1, 0.15) is 4.90 Å². The van der Waals surface area contributed by atoms with Gasteiger partial charge in [0.15, 0.2) is 0 Å². The van der Waals surface area contributed by atoms with Crippen molar-refractivity contribution in [2.24, 2.45) is 5.73 Å². The Balaban J connectivity index is 2.47. The quantitative estimate of drug-likeness (QED) is 0.790. The van der Waals surface area contributed by atoms with E-state index in [2.05, 4.69) is 14.9 Å². The molecule has 0 radical (unpaired) electrons. The Labute approximate surface area is 132 Å². The zero-order chi connectivity index (χ0) is 15.8. The lowest BCUT2D eigenvalue weighted by molar-refractivity contribution is 0.599. The van der Waals surface area contributed by atoms with Crippen molar-refractivity contribution in [3.05, 3.63) is 39.1 Å². The van der Waals surface area contributed by atoms with Crippen LogP contribution in [0.15, 0.2) is 17.0 Å². The Bertz CT molecular complexity index is 787. The fourth-order valence-corrected chi connectivity index (χ4v) is 3.82. The van der Waals surface area contributed by atoms with Crippen LogP contribution in [0.25, 0.3) is 0 Å². The van der Waals surface area contributed by atoms with Crippen LogP contribution in [0.2, 0.25) is 10.0 Å². The molecule has 1 heterocycles. The van der Waals surface area contributed by atoms with Crippen molar-refractivity contribution in [1.29, 1.82) is 0 Å². The summed E-state index contributed by atoms with van der Waals surface area (Å²) in [7, 11) is -3.86. The molecule has 0 aliphatic rings. The maximum atomic E-state index is 12.5. The number of hydrogen-bond acceptors (Lipinski definition) is 4. The minimum atomic E-state index is -3.86. The number of nitrogens with two attached hydrogens (primary N) is 1. The van der Waals surface area contributed by atoms with Gasteiger partial charge in [-0.05, 0) is 31.5 Å². The third kappa shape index (κ3) is 3.16. The Morgan fingerprint density at radius 3 is 2.57 bits per heavy atom. The zero-order valence-corrected chi connectivity index (χ0v) is 13.7. The summed E-state index contributed by atoms with van der Waals surface area (Å²) >= 11 is 12.0. The molecule has 0 aliphatic heterocycles. The maximum Gasteiger partial charge on any atom is 0.265 e. The average molecular weight is 349 g/mol. The number of benzene rings is 1. The number of sulfonamides is 1. The highest BCUT2D eigenvalue weighted by Crippen LogP contribution is 2.31. The molecule has 0 atom stereocenters. The van der Waals surface area contributed by atoms with E-state index in [0.717, 1.165) is 5.56 Å². The Kier molecular flexibility index (Phi) is 4.48. The van der Waals surface area contributed by atoms with Gasteiger partial charge < -0.3 is 5.73 Å². The fourth-order valence-electron chi connectivity index (χ4n) is 1.88. The van der Waals surface area contributed by atoms with Crippen LogP contribution in [0.4, 0.5) is 5.69 Å². The molecular formula is C12H14Cl2N4O2S. The van der Waals surface area contributed by atoms with Crippen molar-refractivity contribution in [3.63, 3.8) is 0 Å². The summed E-state index contributed by atoms with van der Waals surface area (Å²) < 4.78 is 27.4. The van der Waals surface area contributed by atoms with Crippen LogP contribution in [-0.2, 0) is 16.6 Å². The Hall–Kier alpha value is -1.28. The summed E-state index contributed by atoms with van der Waals surface area (Å²) in [6.07, 6.45) is 0. The Morgan fingerprint density at radius 2 is 1.95 bits per heavy atom. The van der Waals surface area contributed by atoms with Crippen molar-refractivity contribution in [3.8, 4) is 0 Å². The summed E-state index contributed by atoms with van der Waals surface area (Å²) in [4.78, 5) is 0.0257. The van der Waals surface area contributed by atoms with Crippen LogP contribution in [0.5, 0.6) is 0 Å². The molecular weight excluding hydrogens is 335 g/mol. The van der Waals surface area contributed by atoms with E-state index >= 15 is 0 Å². The van der Waals surface area contributed by atoms with Gasteiger partial charge in [-0.15, -0.1) is 0 Å². The molecule has 1 aromatic carbocycles. The number of nitrogens with zero attached hydrogens (tertiary/aromatic N) is 1. The molecule has 0 spiro atoms. The first-order chi connectivity index (χ1) is 9.76. The van der Waals surface area contributed by atoms with Crippen LogP contribution in [0.3, 0.4) is 0 Å². The summed E-state index contributed by atoms with van der Waals surface area (Å²) in [6, 6.07) is 3.06. The maximum absolute atomic E-state index is 12.5. The molecule has 0 saturated carbocycles. The van der Waals surface area contributed by atoms with E-state index in [0.29, 0.717) is 10.7 Å². The van der Waals surface area contributed by atoms with E-state index in [9.17, 15) is 8.42 Å². The molecule has 0 aliphatic carbocycles. The largest absolute Gasteiger partial charge is 0.325 e. The van der Waals surface area contributed by atoms with Crippen LogP contribution >= 0.6 is 23.2 Å². The lowest BCUT2D eigenvalue weighted by Gasteiger charge is -2.11. The van der Waals surface area contributed by atoms with Gasteiger partial charge in [-0.3, -0.25) is 9.82 Å². The fraction of sp³-hybridized carbons (Fsp3) is 0.250. The van der Waals surface area contributed by atoms with Gasteiger partial charge in [-0.1, -0.05) is 23.2 Å². The van der Waals surface area contributed by atoms with E-state index in [1.807, 2.05) is 0 Å². The van der Waals surface area contributed by atoms with Gasteiger partial charge in [0, 0.05) is 11.6 Å². The van der Waals surface area contributed by atoms with E-state index in [4.69, 9.17) is 28.9 Å². The van der Waals surface area contributed by atoms with Crippen LogP contribution in [0.1, 0.15) is 17.0 Å². The number of anilines is 1. The van der Waals surface area contributed by atoms with Gasteiger partial charge in [0.05, 0.1) is 22.1 Å². The van der Waals surface area contributed by atoms with Crippen molar-refractivity contribution in [1.82, 2.24) is 10.2 Å². The number of nitrogens with one attached hydrogen (secondary N) is 2. The highest BCUT2D eigenvalue weighted by Gasteiger charge is 2.24. The van der Waals surface area contributed by atoms with Crippen molar-refractivity contribution >= 4 is 38.9 Å². The summed E-state index contributed by atoms with van der Waals surface area (Å²) in [5, 5.41) is 7.15. The van der Waals surface area contributed by atoms with Gasteiger partial charge in [-0.2, -0.15) is 5.10 Å². The van der Waals surface area contributed by atoms with Crippen LogP contribution < -0.4 is 10.5 Å². The van der Waals surface area contributed by atoms with Crippen molar-refractivity contribution in [2.45, 2.75) is 25.3 Å². The van der Waals surface area contributed by atoms with Crippen LogP contribution in [0, 0.1) is 13.8 Å². The number of aromatic amines is 1. The second kappa shape index (κ2) is 5.84. The smallest absolute Gasteiger partial charge is 0.265 e. The number of aryl methyl sites for hydroxylation is 2. The van der Waals surface area contributed by atoms with Crippen molar-refractivity contribution < 1.29 is 8.42 Å². The third-order valence-corrected chi connectivity index (χ3v) is 5.20. The molecule has 0 saturated heterocycles. The first-order valence-corrected chi connectivity index (χ1v) is 8.22. The summed E-state index contributed by atoms with van der Waals surface area (Å²) in [6.45, 7) is 3.38. The third-order valence-electron chi connectivity index (χ3n) is 2.92. The zero-order valence-electron chi connectivity index (χ0n) is 11.4. The molecule has 1 aromatic heterocycles. The molecule has 9 heteroatoms. The molecule has 6 nitrogen and oxygen atoms in total. The lowest BCUT2D eigenvalue weighted by atomic mass is 10.2. The second-order valence-electron chi connectivity index (χ2n) is 4.52. The van der Waals surface area contributed by atoms with Gasteiger partial charge in [-0.25, -0.2) is 8.42 Å². The topological polar surface area (TPSA) is 101 Å². The molecule has 114 valence electrons. The highest BCUT2D eigenvalue weighted by molar-refractivity contribution is 7.92. The first kappa shape index (κ1) is 16.1. The van der Waals surface area contributed by atoms with E-state index in [1.54, 1.807) is 19.9 Å². The minimum absolute atomic E-state index is 0.00295. The molecule has 0 fully saturated rings. The van der Waals surface area contributed by atoms with Crippen LogP contribution in [-0.4, -0.2) is 18.6 Å². The standard InChI is InChI=1S/C12H14Cl2N4O2S/c1-6-3-9(14)10(4-8(6)13)18-21(19,20)12-7(2)16-17-11(12)5-15/h3-4,18H,5,15H2,1-2H3,(H,16,17). The predicted octanol–water partition coefficient (Wildman–Crippen LogP) is 2.59. The van der Waals surface area contributed by atoms with Crippen molar-refractivity contribution in [2.75, 3.05) is 4.72 Å². The van der Waals surface area contributed by atoms with Gasteiger partial charge >= 0.3 is 0 Å². The lowest BCUT2D eigenvalue weighted by Crippen LogP contribution is -2.16. The van der Waals surface area contributed by atoms with E-state index in [1.165, 1.54) is 6.07 Å². The molecule has 0 amide bonds. The van der Waals surface area contributed by atoms with E-state index < -0.39 is 10.0 Å². The highest BCUT2D eigenvalue weighted by atomic mass is 35.5. The summed E-state index contributed by atoms with van der Waals surface area (Å²) in [5.41, 5.74) is 7.13. The molecule has 2 rings (SSSR count). The molecule has 4 N–H and O–H groups in total. The van der Waals surface area contributed by atoms with E-state index in [-0.39, 0.29) is 27.8 Å². The van der Waals surface area contributed by atoms with Gasteiger partial charge in [0.25, 0.3) is 10.0 Å². The monoisotopic (exact) mass is 348 g/mol. The number of halogens is 2. The SMILES string of the molecule is Cc1cc(Cl)c(NS(=O)(=O)c2c(CN)n[nH]c2C)cc1Cl. The molecule has 21 heavy (non-hydrogen) atoms. The first-order valence-electron chi connectivity index (χ1n) is 5.98. The molecule has 0 bridgehead atoms. The molecule has 0 unspecified atom stereocenters. The normalized spacial score (nSPS) is 11.7. The predicted molar refractivity (Wildman–Crippen MR) is 83.2 cm³/mol. The number of aromatic nitrogens is 2. The number of hydrogen-bond donors (Lipinski definition) is 3.